The van der Waals surface area contributed by atoms with Crippen LogP contribution in [0.1, 0.15) is 65.4 Å². The number of hydrogen-bond acceptors (Lipinski definition) is 6. The second kappa shape index (κ2) is 12.6. The number of rotatable bonds is 1. The molecule has 5 atom stereocenters. The van der Waals surface area contributed by atoms with Gasteiger partial charge in [0, 0.05) is 13.0 Å². The first-order chi connectivity index (χ1) is 19.0. The lowest BCUT2D eigenvalue weighted by Gasteiger charge is -2.35. The maximum absolute atomic E-state index is 13.3. The van der Waals surface area contributed by atoms with E-state index in [4.69, 9.17) is 4.74 Å². The highest BCUT2D eigenvalue weighted by molar-refractivity contribution is 5.93. The van der Waals surface area contributed by atoms with Crippen molar-refractivity contribution < 1.29 is 23.9 Å². The summed E-state index contributed by atoms with van der Waals surface area (Å²) in [5.41, 5.74) is 6.16. The first-order valence-electron chi connectivity index (χ1n) is 14.1. The van der Waals surface area contributed by atoms with E-state index in [-0.39, 0.29) is 23.5 Å². The topological polar surface area (TPSA) is 117 Å². The van der Waals surface area contributed by atoms with Gasteiger partial charge < -0.3 is 15.4 Å². The Bertz CT molecular complexity index is 1240. The fourth-order valence-electron chi connectivity index (χ4n) is 5.15. The molecule has 0 aromatic heterocycles. The number of nitrogens with one attached hydrogen (secondary N) is 3. The van der Waals surface area contributed by atoms with Crippen LogP contribution in [0.2, 0.25) is 0 Å². The van der Waals surface area contributed by atoms with Crippen molar-refractivity contribution in [3.8, 4) is 16.9 Å². The minimum absolute atomic E-state index is 0.00802. The van der Waals surface area contributed by atoms with Crippen LogP contribution in [-0.4, -0.2) is 59.3 Å². The standard InChI is InChI=1S/C31H40N4O5/c1-18(2)28-30(38)32-20(4)31(39)35-15-7-10-26(34-35)27(36)16-19(3)23-8-6-9-24(17-23)22-11-13-25(14-12-22)40-21(5)29(37)33-28/h6,8-9,11-14,17-21,26,28,34H,7,10,15-16H2,1-5H3,(H,32,38)(H,33,37)/t19-,20-,21+,26-,28-/m0/s1. The third-order valence-electron chi connectivity index (χ3n) is 7.65. The van der Waals surface area contributed by atoms with Crippen LogP contribution in [0.5, 0.6) is 5.75 Å². The Labute approximate surface area is 236 Å². The second-order valence-corrected chi connectivity index (χ2v) is 11.3. The van der Waals surface area contributed by atoms with Crippen molar-refractivity contribution >= 4 is 23.5 Å². The van der Waals surface area contributed by atoms with Crippen LogP contribution in [0.3, 0.4) is 0 Å². The third-order valence-corrected chi connectivity index (χ3v) is 7.65. The molecule has 0 saturated carbocycles. The van der Waals surface area contributed by atoms with Crippen molar-refractivity contribution in [1.29, 1.82) is 0 Å². The number of hydrogen-bond donors (Lipinski definition) is 3. The van der Waals surface area contributed by atoms with Gasteiger partial charge in [0.2, 0.25) is 5.91 Å². The molecule has 9 nitrogen and oxygen atoms in total. The summed E-state index contributed by atoms with van der Waals surface area (Å²) in [5, 5.41) is 6.96. The van der Waals surface area contributed by atoms with Gasteiger partial charge in [-0.05, 0) is 67.3 Å². The summed E-state index contributed by atoms with van der Waals surface area (Å²) in [6.45, 7) is 9.36. The zero-order valence-electron chi connectivity index (χ0n) is 23.9. The van der Waals surface area contributed by atoms with Crippen LogP contribution in [-0.2, 0) is 19.2 Å². The Morgan fingerprint density at radius 2 is 1.62 bits per heavy atom. The van der Waals surface area contributed by atoms with E-state index in [9.17, 15) is 19.2 Å². The minimum atomic E-state index is -0.855. The summed E-state index contributed by atoms with van der Waals surface area (Å²) in [4.78, 5) is 52.6. The molecule has 5 rings (SSSR count). The van der Waals surface area contributed by atoms with Gasteiger partial charge in [-0.15, -0.1) is 0 Å². The van der Waals surface area contributed by atoms with Crippen molar-refractivity contribution in [2.45, 2.75) is 84.0 Å². The van der Waals surface area contributed by atoms with Crippen LogP contribution in [0.15, 0.2) is 48.5 Å². The van der Waals surface area contributed by atoms with E-state index in [0.29, 0.717) is 31.6 Å². The lowest BCUT2D eigenvalue weighted by atomic mass is 9.90. The van der Waals surface area contributed by atoms with Crippen molar-refractivity contribution in [1.82, 2.24) is 21.1 Å². The molecular formula is C31H40N4O5. The highest BCUT2D eigenvalue weighted by Crippen LogP contribution is 2.28. The first kappa shape index (κ1) is 29.3. The fourth-order valence-corrected chi connectivity index (χ4v) is 5.15. The highest BCUT2D eigenvalue weighted by atomic mass is 16.5. The lowest BCUT2D eigenvalue weighted by Crippen LogP contribution is -2.61. The summed E-state index contributed by atoms with van der Waals surface area (Å²) < 4.78 is 5.87. The number of nitrogens with zero attached hydrogens (tertiary/aromatic N) is 1. The number of carbonyl (C=O) groups is 4. The van der Waals surface area contributed by atoms with Gasteiger partial charge in [-0.2, -0.15) is 0 Å². The number of hydrazine groups is 1. The van der Waals surface area contributed by atoms with E-state index < -0.39 is 36.0 Å². The van der Waals surface area contributed by atoms with Crippen LogP contribution < -0.4 is 20.8 Å². The molecule has 214 valence electrons. The predicted molar refractivity (Wildman–Crippen MR) is 152 cm³/mol. The van der Waals surface area contributed by atoms with Crippen molar-refractivity contribution in [2.75, 3.05) is 6.54 Å². The molecule has 1 fully saturated rings. The summed E-state index contributed by atoms with van der Waals surface area (Å²) in [6.07, 6.45) is 0.825. The van der Waals surface area contributed by atoms with E-state index in [1.165, 1.54) is 5.01 Å². The van der Waals surface area contributed by atoms with Gasteiger partial charge in [-0.1, -0.05) is 57.2 Å². The molecule has 0 aliphatic carbocycles. The number of amides is 3. The summed E-state index contributed by atoms with van der Waals surface area (Å²) in [6, 6.07) is 13.4. The van der Waals surface area contributed by atoms with Crippen molar-refractivity contribution in [2.24, 2.45) is 5.92 Å². The molecule has 3 aliphatic heterocycles. The molecule has 3 heterocycles. The molecular weight excluding hydrogens is 508 g/mol. The largest absolute Gasteiger partial charge is 0.481 e. The molecule has 0 spiro atoms. The maximum atomic E-state index is 13.3. The molecule has 2 aromatic rings. The number of benzene rings is 2. The van der Waals surface area contributed by atoms with E-state index in [0.717, 1.165) is 16.7 Å². The molecule has 3 amide bonds. The summed E-state index contributed by atoms with van der Waals surface area (Å²) in [5.74, 6) is -0.874. The number of ether oxygens (including phenoxy) is 1. The smallest absolute Gasteiger partial charge is 0.261 e. The monoisotopic (exact) mass is 548 g/mol. The molecule has 40 heavy (non-hydrogen) atoms. The van der Waals surface area contributed by atoms with E-state index in [2.05, 4.69) is 22.1 Å². The minimum Gasteiger partial charge on any atom is -0.481 e. The number of Topliss-reactive ketones (excluding diaryl/α,β-unsaturated/α-hetero) is 1. The molecule has 9 heteroatoms. The maximum Gasteiger partial charge on any atom is 0.261 e. The average Bonchev–Trinajstić information content (AvgIpc) is 2.95. The Balaban J connectivity index is 1.63. The van der Waals surface area contributed by atoms with Crippen LogP contribution in [0, 0.1) is 5.92 Å². The highest BCUT2D eigenvalue weighted by Gasteiger charge is 2.33. The summed E-state index contributed by atoms with van der Waals surface area (Å²) >= 11 is 0. The number of ketones is 1. The molecule has 0 radical (unpaired) electrons. The molecule has 6 bridgehead atoms. The lowest BCUT2D eigenvalue weighted by molar-refractivity contribution is -0.143. The van der Waals surface area contributed by atoms with E-state index in [1.807, 2.05) is 63.2 Å². The molecule has 2 aromatic carbocycles. The molecule has 3 aliphatic rings. The fraction of sp³-hybridized carbons (Fsp3) is 0.484. The SMILES string of the molecule is CC(C)[C@@H]1NC(=O)[C@@H](C)Oc2ccc(cc2)-c2cccc(c2)[C@@H](C)CC(=O)[C@@H]2CCCN(N2)C(=O)[C@H](C)NC1=O. The zero-order chi connectivity index (χ0) is 29.0. The zero-order valence-corrected chi connectivity index (χ0v) is 23.9. The van der Waals surface area contributed by atoms with Crippen molar-refractivity contribution in [3.63, 3.8) is 0 Å². The van der Waals surface area contributed by atoms with Gasteiger partial charge in [-0.3, -0.25) is 24.2 Å². The molecule has 3 N–H and O–H groups in total. The van der Waals surface area contributed by atoms with E-state index in [1.54, 1.807) is 13.8 Å². The van der Waals surface area contributed by atoms with Gasteiger partial charge >= 0.3 is 0 Å². The molecule has 0 unspecified atom stereocenters. The Hall–Kier alpha value is -3.72. The van der Waals surface area contributed by atoms with E-state index >= 15 is 0 Å². The van der Waals surface area contributed by atoms with Gasteiger partial charge in [0.25, 0.3) is 11.8 Å². The van der Waals surface area contributed by atoms with Gasteiger partial charge in [-0.25, -0.2) is 5.43 Å². The van der Waals surface area contributed by atoms with Crippen LogP contribution in [0.25, 0.3) is 11.1 Å². The Kier molecular flexibility index (Phi) is 9.25. The number of fused-ring (bicyclic) bond motifs is 12. The molecule has 1 saturated heterocycles. The second-order valence-electron chi connectivity index (χ2n) is 11.3. The predicted octanol–water partition coefficient (Wildman–Crippen LogP) is 3.34. The summed E-state index contributed by atoms with van der Waals surface area (Å²) in [7, 11) is 0. The number of carbonyl (C=O) groups excluding carboxylic acids is 4. The third kappa shape index (κ3) is 6.88. The van der Waals surface area contributed by atoms with Gasteiger partial charge in [0.15, 0.2) is 11.9 Å². The normalized spacial score (nSPS) is 26.9. The Morgan fingerprint density at radius 1 is 0.900 bits per heavy atom. The average molecular weight is 549 g/mol. The quantitative estimate of drug-likeness (QED) is 0.471. The van der Waals surface area contributed by atoms with Crippen LogP contribution >= 0.6 is 0 Å². The van der Waals surface area contributed by atoms with Crippen LogP contribution in [0.4, 0.5) is 0 Å². The van der Waals surface area contributed by atoms with Crippen molar-refractivity contribution in [3.05, 3.63) is 54.1 Å². The van der Waals surface area contributed by atoms with Gasteiger partial charge in [0.1, 0.15) is 17.8 Å². The Morgan fingerprint density at radius 3 is 2.33 bits per heavy atom. The van der Waals surface area contributed by atoms with Gasteiger partial charge in [0.05, 0.1) is 6.04 Å². The first-order valence-corrected chi connectivity index (χ1v) is 14.1.